The number of para-hydroxylation sites is 1. The number of amides is 1. The van der Waals surface area contributed by atoms with Gasteiger partial charge in [-0.2, -0.15) is 0 Å². The predicted octanol–water partition coefficient (Wildman–Crippen LogP) is 3.63. The minimum atomic E-state index is -0.103. The van der Waals surface area contributed by atoms with Crippen LogP contribution in [0.15, 0.2) is 42.5 Å². The first-order valence-corrected chi connectivity index (χ1v) is 8.50. The van der Waals surface area contributed by atoms with Crippen LogP contribution in [-0.4, -0.2) is 25.3 Å². The first kappa shape index (κ1) is 18.7. The fourth-order valence-electron chi connectivity index (χ4n) is 2.73. The lowest BCUT2D eigenvalue weighted by molar-refractivity contribution is -0.121. The fourth-order valence-corrected chi connectivity index (χ4v) is 2.73. The molecule has 0 fully saturated rings. The van der Waals surface area contributed by atoms with Gasteiger partial charge >= 0.3 is 0 Å². The molecule has 1 amide bonds. The van der Waals surface area contributed by atoms with E-state index in [-0.39, 0.29) is 24.5 Å². The van der Waals surface area contributed by atoms with Gasteiger partial charge in [-0.15, -0.1) is 0 Å². The molecule has 0 radical (unpaired) electrons. The van der Waals surface area contributed by atoms with E-state index in [4.69, 9.17) is 4.74 Å². The average Bonchev–Trinajstić information content (AvgIpc) is 2.62. The SMILES string of the molecule is COc1ccccc1CCNC(=O)CCC(=O)c1cc(C)ccc1C. The van der Waals surface area contributed by atoms with Gasteiger partial charge in [0.05, 0.1) is 7.11 Å². The number of carbonyl (C=O) groups excluding carboxylic acids is 2. The number of hydrogen-bond donors (Lipinski definition) is 1. The number of Topliss-reactive ketones (excluding diaryl/α,β-unsaturated/α-hetero) is 1. The maximum atomic E-state index is 12.3. The summed E-state index contributed by atoms with van der Waals surface area (Å²) in [6.45, 7) is 4.40. The maximum Gasteiger partial charge on any atom is 0.220 e. The molecule has 2 aromatic rings. The van der Waals surface area contributed by atoms with Crippen molar-refractivity contribution in [2.75, 3.05) is 13.7 Å². The Hall–Kier alpha value is -2.62. The van der Waals surface area contributed by atoms with Crippen LogP contribution in [0.1, 0.15) is 39.9 Å². The highest BCUT2D eigenvalue weighted by atomic mass is 16.5. The molecule has 1 N–H and O–H groups in total. The molecule has 0 unspecified atom stereocenters. The predicted molar refractivity (Wildman–Crippen MR) is 99.2 cm³/mol. The van der Waals surface area contributed by atoms with Gasteiger partial charge in [-0.05, 0) is 43.5 Å². The monoisotopic (exact) mass is 339 g/mol. The Labute approximate surface area is 149 Å². The van der Waals surface area contributed by atoms with Crippen LogP contribution in [-0.2, 0) is 11.2 Å². The summed E-state index contributed by atoms with van der Waals surface area (Å²) in [5.74, 6) is 0.733. The van der Waals surface area contributed by atoms with Crippen LogP contribution in [0.3, 0.4) is 0 Å². The summed E-state index contributed by atoms with van der Waals surface area (Å²) < 4.78 is 5.29. The van der Waals surface area contributed by atoms with Gasteiger partial charge in [-0.25, -0.2) is 0 Å². The number of methoxy groups -OCH3 is 1. The summed E-state index contributed by atoms with van der Waals surface area (Å²) >= 11 is 0. The lowest BCUT2D eigenvalue weighted by Gasteiger charge is -2.09. The van der Waals surface area contributed by atoms with Gasteiger partial charge in [0.25, 0.3) is 0 Å². The standard InChI is InChI=1S/C21H25NO3/c1-15-8-9-16(2)18(14-15)19(23)10-11-21(24)22-13-12-17-6-4-5-7-20(17)25-3/h4-9,14H,10-13H2,1-3H3,(H,22,24). The molecule has 0 aliphatic rings. The van der Waals surface area contributed by atoms with Gasteiger partial charge in [-0.1, -0.05) is 35.9 Å². The highest BCUT2D eigenvalue weighted by Gasteiger charge is 2.12. The zero-order chi connectivity index (χ0) is 18.2. The van der Waals surface area contributed by atoms with Crippen molar-refractivity contribution in [1.29, 1.82) is 0 Å². The molecule has 132 valence electrons. The van der Waals surface area contributed by atoms with Gasteiger partial charge in [0.2, 0.25) is 5.91 Å². The number of hydrogen-bond acceptors (Lipinski definition) is 3. The summed E-state index contributed by atoms with van der Waals surface area (Å²) in [5.41, 5.74) is 3.76. The van der Waals surface area contributed by atoms with Crippen LogP contribution in [0.25, 0.3) is 0 Å². The first-order chi connectivity index (χ1) is 12.0. The molecule has 0 saturated carbocycles. The van der Waals surface area contributed by atoms with E-state index in [0.29, 0.717) is 18.5 Å². The molecule has 0 spiro atoms. The molecule has 0 aromatic heterocycles. The lowest BCUT2D eigenvalue weighted by atomic mass is 9.99. The molecule has 4 nitrogen and oxygen atoms in total. The van der Waals surface area contributed by atoms with Crippen LogP contribution < -0.4 is 10.1 Å². The topological polar surface area (TPSA) is 55.4 Å². The van der Waals surface area contributed by atoms with Crippen molar-refractivity contribution in [1.82, 2.24) is 5.32 Å². The Bertz CT molecular complexity index is 753. The normalized spacial score (nSPS) is 10.4. The van der Waals surface area contributed by atoms with Crippen molar-refractivity contribution in [3.05, 3.63) is 64.7 Å². The van der Waals surface area contributed by atoms with Crippen molar-refractivity contribution in [3.8, 4) is 5.75 Å². The van der Waals surface area contributed by atoms with Crippen LogP contribution in [0.5, 0.6) is 5.75 Å². The maximum absolute atomic E-state index is 12.3. The quantitative estimate of drug-likeness (QED) is 0.747. The minimum Gasteiger partial charge on any atom is -0.496 e. The van der Waals surface area contributed by atoms with Crippen LogP contribution in [0.4, 0.5) is 0 Å². The van der Waals surface area contributed by atoms with Crippen molar-refractivity contribution in [2.45, 2.75) is 33.1 Å². The van der Waals surface area contributed by atoms with E-state index in [1.807, 2.05) is 56.3 Å². The van der Waals surface area contributed by atoms with Crippen molar-refractivity contribution in [2.24, 2.45) is 0 Å². The second-order valence-electron chi connectivity index (χ2n) is 6.15. The number of rotatable bonds is 8. The van der Waals surface area contributed by atoms with E-state index in [9.17, 15) is 9.59 Å². The van der Waals surface area contributed by atoms with Gasteiger partial charge in [0, 0.05) is 24.9 Å². The zero-order valence-electron chi connectivity index (χ0n) is 15.1. The van der Waals surface area contributed by atoms with Crippen molar-refractivity contribution in [3.63, 3.8) is 0 Å². The molecule has 0 heterocycles. The van der Waals surface area contributed by atoms with E-state index in [2.05, 4.69) is 5.32 Å². The van der Waals surface area contributed by atoms with Crippen LogP contribution >= 0.6 is 0 Å². The number of ether oxygens (including phenoxy) is 1. The molecule has 25 heavy (non-hydrogen) atoms. The Balaban J connectivity index is 1.79. The van der Waals surface area contributed by atoms with Crippen LogP contribution in [0, 0.1) is 13.8 Å². The third kappa shape index (κ3) is 5.45. The Morgan fingerprint density at radius 2 is 1.80 bits per heavy atom. The summed E-state index contributed by atoms with van der Waals surface area (Å²) in [5, 5.41) is 2.87. The van der Waals surface area contributed by atoms with Crippen LogP contribution in [0.2, 0.25) is 0 Å². The van der Waals surface area contributed by atoms with E-state index >= 15 is 0 Å². The number of carbonyl (C=O) groups is 2. The van der Waals surface area contributed by atoms with Gasteiger partial charge in [-0.3, -0.25) is 9.59 Å². The number of aryl methyl sites for hydroxylation is 2. The van der Waals surface area contributed by atoms with E-state index < -0.39 is 0 Å². The summed E-state index contributed by atoms with van der Waals surface area (Å²) in [4.78, 5) is 24.3. The minimum absolute atomic E-state index is 0.0149. The molecular formula is C21H25NO3. The van der Waals surface area contributed by atoms with E-state index in [0.717, 1.165) is 22.4 Å². The Kier molecular flexibility index (Phi) is 6.75. The highest BCUT2D eigenvalue weighted by Crippen LogP contribution is 2.17. The Morgan fingerprint density at radius 3 is 2.56 bits per heavy atom. The number of ketones is 1. The van der Waals surface area contributed by atoms with E-state index in [1.54, 1.807) is 7.11 Å². The number of benzene rings is 2. The molecular weight excluding hydrogens is 314 g/mol. The lowest BCUT2D eigenvalue weighted by Crippen LogP contribution is -2.26. The molecule has 0 saturated heterocycles. The number of nitrogens with one attached hydrogen (secondary N) is 1. The first-order valence-electron chi connectivity index (χ1n) is 8.50. The van der Waals surface area contributed by atoms with Crippen molar-refractivity contribution >= 4 is 11.7 Å². The highest BCUT2D eigenvalue weighted by molar-refractivity contribution is 5.99. The molecule has 2 aromatic carbocycles. The van der Waals surface area contributed by atoms with Gasteiger partial charge in [0.1, 0.15) is 5.75 Å². The molecule has 0 aliphatic heterocycles. The largest absolute Gasteiger partial charge is 0.496 e. The smallest absolute Gasteiger partial charge is 0.220 e. The fraction of sp³-hybridized carbons (Fsp3) is 0.333. The van der Waals surface area contributed by atoms with E-state index in [1.165, 1.54) is 0 Å². The summed E-state index contributed by atoms with van der Waals surface area (Å²) in [7, 11) is 1.64. The van der Waals surface area contributed by atoms with Gasteiger partial charge < -0.3 is 10.1 Å². The molecule has 0 aliphatic carbocycles. The molecule has 4 heteroatoms. The third-order valence-corrected chi connectivity index (χ3v) is 4.18. The van der Waals surface area contributed by atoms with Gasteiger partial charge in [0.15, 0.2) is 5.78 Å². The molecule has 0 atom stereocenters. The Morgan fingerprint density at radius 1 is 1.04 bits per heavy atom. The summed E-state index contributed by atoms with van der Waals surface area (Å²) in [6, 6.07) is 13.6. The second kappa shape index (κ2) is 9.02. The second-order valence-corrected chi connectivity index (χ2v) is 6.15. The molecule has 2 rings (SSSR count). The average molecular weight is 339 g/mol. The zero-order valence-corrected chi connectivity index (χ0v) is 15.1. The van der Waals surface area contributed by atoms with Crippen molar-refractivity contribution < 1.29 is 14.3 Å². The third-order valence-electron chi connectivity index (χ3n) is 4.18. The summed E-state index contributed by atoms with van der Waals surface area (Å²) in [6.07, 6.45) is 1.13. The molecule has 0 bridgehead atoms.